The summed E-state index contributed by atoms with van der Waals surface area (Å²) < 4.78 is 7.21. The van der Waals surface area contributed by atoms with E-state index in [1.165, 1.54) is 5.56 Å². The Balaban J connectivity index is 1.71. The fourth-order valence-corrected chi connectivity index (χ4v) is 3.72. The molecule has 170 valence electrons. The molecule has 1 aliphatic rings. The minimum atomic E-state index is -1.10. The molecule has 8 nitrogen and oxygen atoms in total. The topological polar surface area (TPSA) is 86.9 Å². The van der Waals surface area contributed by atoms with Crippen LogP contribution in [-0.4, -0.2) is 71.7 Å². The van der Waals surface area contributed by atoms with E-state index >= 15 is 0 Å². The number of hydrogen-bond acceptors (Lipinski definition) is 5. The van der Waals surface area contributed by atoms with Gasteiger partial charge in [0.05, 0.1) is 32.0 Å². The summed E-state index contributed by atoms with van der Waals surface area (Å²) in [4.78, 5) is 7.05. The molecule has 0 bridgehead atoms. The van der Waals surface area contributed by atoms with Crippen LogP contribution in [-0.2, 0) is 17.4 Å². The summed E-state index contributed by atoms with van der Waals surface area (Å²) in [7, 11) is 1.83. The van der Waals surface area contributed by atoms with Gasteiger partial charge in [-0.05, 0) is 31.5 Å². The van der Waals surface area contributed by atoms with Crippen LogP contribution in [0.25, 0.3) is 0 Å². The second kappa shape index (κ2) is 10.9. The van der Waals surface area contributed by atoms with Crippen LogP contribution < -0.4 is 10.6 Å². The second-order valence-corrected chi connectivity index (χ2v) is 8.40. The van der Waals surface area contributed by atoms with Crippen LogP contribution in [0.2, 0.25) is 5.02 Å². The van der Waals surface area contributed by atoms with Gasteiger partial charge in [0.15, 0.2) is 5.96 Å². The molecule has 0 spiro atoms. The first kappa shape index (κ1) is 23.5. The number of rotatable bonds is 8. The molecule has 9 heteroatoms. The summed E-state index contributed by atoms with van der Waals surface area (Å²) in [6.45, 7) is 8.59. The van der Waals surface area contributed by atoms with Crippen molar-refractivity contribution in [2.24, 2.45) is 12.0 Å². The van der Waals surface area contributed by atoms with Gasteiger partial charge in [-0.25, -0.2) is 4.99 Å². The summed E-state index contributed by atoms with van der Waals surface area (Å²) in [5.41, 5.74) is 0.829. The van der Waals surface area contributed by atoms with Crippen molar-refractivity contribution < 1.29 is 9.84 Å². The number of nitrogens with zero attached hydrogens (tertiary/aromatic N) is 4. The highest BCUT2D eigenvalue weighted by molar-refractivity contribution is 6.30. The smallest absolute Gasteiger partial charge is 0.191 e. The Morgan fingerprint density at radius 1 is 1.29 bits per heavy atom. The molecule has 3 rings (SSSR count). The molecule has 31 heavy (non-hydrogen) atoms. The van der Waals surface area contributed by atoms with Crippen LogP contribution >= 0.6 is 11.6 Å². The maximum atomic E-state index is 10.9. The molecule has 2 atom stereocenters. The number of aromatic nitrogens is 2. The van der Waals surface area contributed by atoms with Crippen molar-refractivity contribution in [2.45, 2.75) is 25.5 Å². The molecule has 1 aromatic carbocycles. The number of ether oxygens (including phenoxy) is 1. The molecule has 0 aliphatic carbocycles. The van der Waals surface area contributed by atoms with E-state index in [-0.39, 0.29) is 12.6 Å². The number of benzene rings is 1. The number of aliphatic hydroxyl groups is 1. The fraction of sp³-hybridized carbons (Fsp3) is 0.545. The van der Waals surface area contributed by atoms with Crippen LogP contribution in [0.3, 0.4) is 0 Å². The van der Waals surface area contributed by atoms with Gasteiger partial charge in [-0.15, -0.1) is 0 Å². The second-order valence-electron chi connectivity index (χ2n) is 7.97. The van der Waals surface area contributed by atoms with Gasteiger partial charge in [-0.3, -0.25) is 9.58 Å². The molecule has 1 aliphatic heterocycles. The van der Waals surface area contributed by atoms with Crippen molar-refractivity contribution in [2.75, 3.05) is 45.9 Å². The van der Waals surface area contributed by atoms with Gasteiger partial charge in [-0.2, -0.15) is 5.10 Å². The van der Waals surface area contributed by atoms with Gasteiger partial charge in [0.2, 0.25) is 0 Å². The zero-order valence-corrected chi connectivity index (χ0v) is 19.3. The number of guanidine groups is 1. The van der Waals surface area contributed by atoms with E-state index in [2.05, 4.69) is 37.8 Å². The third-order valence-electron chi connectivity index (χ3n) is 5.42. The van der Waals surface area contributed by atoms with E-state index in [0.29, 0.717) is 12.5 Å². The van der Waals surface area contributed by atoms with Crippen molar-refractivity contribution in [3.05, 3.63) is 52.8 Å². The van der Waals surface area contributed by atoms with E-state index < -0.39 is 5.60 Å². The van der Waals surface area contributed by atoms with E-state index in [4.69, 9.17) is 16.3 Å². The Morgan fingerprint density at radius 3 is 2.61 bits per heavy atom. The molecule has 2 aromatic rings. The SMILES string of the molecule is CCNC(=NCC(C)(O)c1cnn(C)c1)NCC(c1ccc(Cl)cc1)N1CCOCC1. The first-order valence-electron chi connectivity index (χ1n) is 10.7. The molecule has 1 saturated heterocycles. The average molecular weight is 449 g/mol. The molecular formula is C22H33ClN6O2. The number of halogens is 1. The van der Waals surface area contributed by atoms with Gasteiger partial charge in [-0.1, -0.05) is 23.7 Å². The Bertz CT molecular complexity index is 846. The van der Waals surface area contributed by atoms with Crippen LogP contribution in [0.4, 0.5) is 0 Å². The summed E-state index contributed by atoms with van der Waals surface area (Å²) >= 11 is 6.10. The maximum absolute atomic E-state index is 10.9. The number of aryl methyl sites for hydroxylation is 1. The van der Waals surface area contributed by atoms with Crippen LogP contribution in [0.15, 0.2) is 41.7 Å². The largest absolute Gasteiger partial charge is 0.383 e. The predicted molar refractivity (Wildman–Crippen MR) is 123 cm³/mol. The number of hydrogen-bond donors (Lipinski definition) is 3. The lowest BCUT2D eigenvalue weighted by atomic mass is 10.0. The van der Waals surface area contributed by atoms with Crippen molar-refractivity contribution in [3.8, 4) is 0 Å². The molecular weight excluding hydrogens is 416 g/mol. The third-order valence-corrected chi connectivity index (χ3v) is 5.67. The first-order valence-corrected chi connectivity index (χ1v) is 11.1. The van der Waals surface area contributed by atoms with Crippen LogP contribution in [0.5, 0.6) is 0 Å². The summed E-state index contributed by atoms with van der Waals surface area (Å²) in [5, 5.41) is 22.5. The minimum absolute atomic E-state index is 0.156. The third kappa shape index (κ3) is 6.67. The monoisotopic (exact) mass is 448 g/mol. The normalized spacial score (nSPS) is 18.4. The van der Waals surface area contributed by atoms with Gasteiger partial charge in [0.1, 0.15) is 5.60 Å². The quantitative estimate of drug-likeness (QED) is 0.422. The van der Waals surface area contributed by atoms with E-state index in [0.717, 1.165) is 43.4 Å². The number of morpholine rings is 1. The Morgan fingerprint density at radius 2 is 2.00 bits per heavy atom. The fourth-order valence-electron chi connectivity index (χ4n) is 3.59. The maximum Gasteiger partial charge on any atom is 0.191 e. The van der Waals surface area contributed by atoms with Crippen molar-refractivity contribution >= 4 is 17.6 Å². The summed E-state index contributed by atoms with van der Waals surface area (Å²) in [6, 6.07) is 8.15. The predicted octanol–water partition coefficient (Wildman–Crippen LogP) is 1.91. The Kier molecular flexibility index (Phi) is 8.31. The molecule has 0 saturated carbocycles. The van der Waals surface area contributed by atoms with Gasteiger partial charge >= 0.3 is 0 Å². The number of aliphatic imine (C=N–C) groups is 1. The molecule has 0 radical (unpaired) electrons. The average Bonchev–Trinajstić information content (AvgIpc) is 3.21. The van der Waals surface area contributed by atoms with E-state index in [9.17, 15) is 5.11 Å². The van der Waals surface area contributed by atoms with E-state index in [1.54, 1.807) is 17.8 Å². The lowest BCUT2D eigenvalue weighted by molar-refractivity contribution is 0.0169. The zero-order chi connectivity index (χ0) is 22.3. The van der Waals surface area contributed by atoms with Crippen molar-refractivity contribution in [1.29, 1.82) is 0 Å². The summed E-state index contributed by atoms with van der Waals surface area (Å²) in [6.07, 6.45) is 3.48. The highest BCUT2D eigenvalue weighted by Crippen LogP contribution is 2.23. The molecule has 2 heterocycles. The zero-order valence-electron chi connectivity index (χ0n) is 18.5. The molecule has 1 fully saturated rings. The standard InChI is InChI=1S/C22H33ClN6O2/c1-4-24-21(26-16-22(2,30)18-13-27-28(3)15-18)25-14-20(29-9-11-31-12-10-29)17-5-7-19(23)8-6-17/h5-8,13,15,20,30H,4,9-12,14,16H2,1-3H3,(H2,24,25,26). The van der Waals surface area contributed by atoms with Crippen molar-refractivity contribution in [1.82, 2.24) is 25.3 Å². The molecule has 3 N–H and O–H groups in total. The van der Waals surface area contributed by atoms with Crippen LogP contribution in [0.1, 0.15) is 31.0 Å². The highest BCUT2D eigenvalue weighted by atomic mass is 35.5. The molecule has 2 unspecified atom stereocenters. The van der Waals surface area contributed by atoms with Crippen LogP contribution in [0, 0.1) is 0 Å². The lowest BCUT2D eigenvalue weighted by Gasteiger charge is -2.35. The molecule has 0 amide bonds. The number of nitrogens with one attached hydrogen (secondary N) is 2. The van der Waals surface area contributed by atoms with Gasteiger partial charge in [0.25, 0.3) is 0 Å². The van der Waals surface area contributed by atoms with Gasteiger partial charge in [0, 0.05) is 50.0 Å². The Labute approximate surface area is 189 Å². The Hall–Kier alpha value is -2.13. The highest BCUT2D eigenvalue weighted by Gasteiger charge is 2.26. The summed E-state index contributed by atoms with van der Waals surface area (Å²) in [5.74, 6) is 0.666. The lowest BCUT2D eigenvalue weighted by Crippen LogP contribution is -2.46. The minimum Gasteiger partial charge on any atom is -0.383 e. The first-order chi connectivity index (χ1) is 14.9. The molecule has 1 aromatic heterocycles. The van der Waals surface area contributed by atoms with E-state index in [1.807, 2.05) is 32.3 Å². The van der Waals surface area contributed by atoms with Gasteiger partial charge < -0.3 is 20.5 Å². The van der Waals surface area contributed by atoms with Crippen molar-refractivity contribution in [3.63, 3.8) is 0 Å².